The smallest absolute Gasteiger partial charge is 0.215 e. The molecule has 134 valence electrons. The highest BCUT2D eigenvalue weighted by atomic mass is 19.1. The maximum absolute atomic E-state index is 13.3. The van der Waals surface area contributed by atoms with Crippen molar-refractivity contribution in [2.75, 3.05) is 31.1 Å². The average molecular weight is 345 g/mol. The van der Waals surface area contributed by atoms with Gasteiger partial charge in [-0.05, 0) is 44.3 Å². The Kier molecular flexibility index (Phi) is 5.75. The molecule has 1 N–H and O–H groups in total. The van der Waals surface area contributed by atoms with Crippen molar-refractivity contribution < 1.29 is 9.18 Å². The standard InChI is InChI=1S/C18H24FN5O/c1-14(12-23-5-2-3-6-23)4-7-24(13-25)18-9-17(21-22-18)15-8-16(19)11-20-10-15/h8-11,13-14H,2-7,12H2,1H3,(H,21,22). The molecule has 1 amide bonds. The average Bonchev–Trinajstić information content (AvgIpc) is 3.27. The molecule has 2 aromatic rings. The van der Waals surface area contributed by atoms with Gasteiger partial charge in [0.05, 0.1) is 11.9 Å². The van der Waals surface area contributed by atoms with E-state index >= 15 is 0 Å². The molecule has 0 bridgehead atoms. The van der Waals surface area contributed by atoms with Gasteiger partial charge in [0.15, 0.2) is 5.82 Å². The van der Waals surface area contributed by atoms with Crippen LogP contribution in [0.2, 0.25) is 0 Å². The highest BCUT2D eigenvalue weighted by molar-refractivity contribution is 5.75. The van der Waals surface area contributed by atoms with E-state index in [1.54, 1.807) is 17.2 Å². The predicted molar refractivity (Wildman–Crippen MR) is 94.6 cm³/mol. The molecule has 3 heterocycles. The molecule has 1 fully saturated rings. The van der Waals surface area contributed by atoms with Gasteiger partial charge >= 0.3 is 0 Å². The van der Waals surface area contributed by atoms with Crippen molar-refractivity contribution in [2.45, 2.75) is 26.2 Å². The first-order valence-corrected chi connectivity index (χ1v) is 8.76. The molecule has 0 radical (unpaired) electrons. The number of carbonyl (C=O) groups is 1. The number of aromatic nitrogens is 3. The van der Waals surface area contributed by atoms with Gasteiger partial charge in [-0.2, -0.15) is 5.10 Å². The Balaban J connectivity index is 1.58. The van der Waals surface area contributed by atoms with Crippen molar-refractivity contribution in [3.63, 3.8) is 0 Å². The number of H-pyrrole nitrogens is 1. The first-order chi connectivity index (χ1) is 12.2. The summed E-state index contributed by atoms with van der Waals surface area (Å²) >= 11 is 0. The van der Waals surface area contributed by atoms with Crippen LogP contribution in [0.3, 0.4) is 0 Å². The highest BCUT2D eigenvalue weighted by Gasteiger charge is 2.17. The third kappa shape index (κ3) is 4.63. The van der Waals surface area contributed by atoms with E-state index in [4.69, 9.17) is 0 Å². The Hall–Kier alpha value is -2.28. The highest BCUT2D eigenvalue weighted by Crippen LogP contribution is 2.22. The monoisotopic (exact) mass is 345 g/mol. The Morgan fingerprint density at radius 3 is 2.88 bits per heavy atom. The molecule has 0 aliphatic carbocycles. The number of rotatable bonds is 8. The number of carbonyl (C=O) groups excluding carboxylic acids is 1. The molecule has 1 aliphatic heterocycles. The maximum atomic E-state index is 13.3. The van der Waals surface area contributed by atoms with Crippen molar-refractivity contribution in [2.24, 2.45) is 5.92 Å². The molecule has 6 nitrogen and oxygen atoms in total. The van der Waals surface area contributed by atoms with Gasteiger partial charge in [0.2, 0.25) is 6.41 Å². The normalized spacial score (nSPS) is 16.1. The van der Waals surface area contributed by atoms with Crippen LogP contribution in [-0.2, 0) is 4.79 Å². The van der Waals surface area contributed by atoms with E-state index in [0.717, 1.165) is 25.6 Å². The second kappa shape index (κ2) is 8.20. The van der Waals surface area contributed by atoms with Crippen LogP contribution in [0.25, 0.3) is 11.3 Å². The van der Waals surface area contributed by atoms with Gasteiger partial charge in [0.1, 0.15) is 5.82 Å². The molecule has 1 aliphatic rings. The number of nitrogens with zero attached hydrogens (tertiary/aromatic N) is 4. The zero-order chi connectivity index (χ0) is 17.6. The summed E-state index contributed by atoms with van der Waals surface area (Å²) in [5, 5.41) is 7.03. The molecule has 0 aromatic carbocycles. The summed E-state index contributed by atoms with van der Waals surface area (Å²) in [6.07, 6.45) is 7.01. The summed E-state index contributed by atoms with van der Waals surface area (Å²) in [6.45, 7) is 6.28. The van der Waals surface area contributed by atoms with Crippen LogP contribution in [0.15, 0.2) is 24.5 Å². The zero-order valence-electron chi connectivity index (χ0n) is 14.5. The van der Waals surface area contributed by atoms with Gasteiger partial charge in [-0.15, -0.1) is 0 Å². The van der Waals surface area contributed by atoms with Crippen molar-refractivity contribution in [3.05, 3.63) is 30.3 Å². The van der Waals surface area contributed by atoms with Crippen molar-refractivity contribution in [1.29, 1.82) is 0 Å². The molecular weight excluding hydrogens is 321 g/mol. The molecule has 7 heteroatoms. The minimum absolute atomic E-state index is 0.406. The third-order valence-electron chi connectivity index (χ3n) is 4.63. The van der Waals surface area contributed by atoms with Crippen molar-refractivity contribution in [3.8, 4) is 11.3 Å². The second-order valence-corrected chi connectivity index (χ2v) is 6.73. The zero-order valence-corrected chi connectivity index (χ0v) is 14.5. The van der Waals surface area contributed by atoms with E-state index in [1.165, 1.54) is 32.0 Å². The van der Waals surface area contributed by atoms with Gasteiger partial charge in [-0.25, -0.2) is 4.39 Å². The van der Waals surface area contributed by atoms with Crippen LogP contribution in [0.4, 0.5) is 10.2 Å². The van der Waals surface area contributed by atoms with Crippen LogP contribution in [0.5, 0.6) is 0 Å². The number of likely N-dealkylation sites (tertiary alicyclic amines) is 1. The van der Waals surface area contributed by atoms with Crippen LogP contribution in [0, 0.1) is 11.7 Å². The van der Waals surface area contributed by atoms with E-state index in [-0.39, 0.29) is 0 Å². The Labute approximate surface area is 147 Å². The SMILES string of the molecule is CC(CCN(C=O)c1cc(-c2cncc(F)c2)[nH]n1)CN1CCCC1. The minimum atomic E-state index is -0.406. The molecule has 2 aromatic heterocycles. The lowest BCUT2D eigenvalue weighted by atomic mass is 10.1. The van der Waals surface area contributed by atoms with Crippen LogP contribution >= 0.6 is 0 Å². The van der Waals surface area contributed by atoms with Crippen LogP contribution in [-0.4, -0.2) is 52.7 Å². The molecule has 3 rings (SSSR count). The lowest BCUT2D eigenvalue weighted by molar-refractivity contribution is -0.107. The van der Waals surface area contributed by atoms with E-state index in [0.29, 0.717) is 29.5 Å². The molecule has 25 heavy (non-hydrogen) atoms. The molecule has 0 spiro atoms. The van der Waals surface area contributed by atoms with Gasteiger partial charge < -0.3 is 4.90 Å². The number of aromatic amines is 1. The summed E-state index contributed by atoms with van der Waals surface area (Å²) in [5.41, 5.74) is 1.24. The van der Waals surface area contributed by atoms with Crippen molar-refractivity contribution in [1.82, 2.24) is 20.1 Å². The maximum Gasteiger partial charge on any atom is 0.215 e. The van der Waals surface area contributed by atoms with Crippen molar-refractivity contribution >= 4 is 12.2 Å². The molecule has 1 atom stereocenters. The molecule has 1 unspecified atom stereocenters. The molecular formula is C18H24FN5O. The molecule has 1 saturated heterocycles. The number of anilines is 1. The number of nitrogens with one attached hydrogen (secondary N) is 1. The quantitative estimate of drug-likeness (QED) is 0.747. The number of pyridine rings is 1. The fourth-order valence-electron chi connectivity index (χ4n) is 3.24. The van der Waals surface area contributed by atoms with Gasteiger partial charge in [-0.1, -0.05) is 6.92 Å². The summed E-state index contributed by atoms with van der Waals surface area (Å²) in [4.78, 5) is 19.4. The third-order valence-corrected chi connectivity index (χ3v) is 4.63. The van der Waals surface area contributed by atoms with E-state index < -0.39 is 5.82 Å². The van der Waals surface area contributed by atoms with Crippen LogP contribution < -0.4 is 4.90 Å². The molecule has 0 saturated carbocycles. The topological polar surface area (TPSA) is 65.1 Å². The van der Waals surface area contributed by atoms with E-state index in [1.807, 2.05) is 0 Å². The fraction of sp³-hybridized carbons (Fsp3) is 0.500. The number of hydrogen-bond acceptors (Lipinski definition) is 4. The lowest BCUT2D eigenvalue weighted by Crippen LogP contribution is -2.29. The Morgan fingerprint density at radius 2 is 2.16 bits per heavy atom. The summed E-state index contributed by atoms with van der Waals surface area (Å²) < 4.78 is 13.3. The first-order valence-electron chi connectivity index (χ1n) is 8.76. The Morgan fingerprint density at radius 1 is 1.36 bits per heavy atom. The lowest BCUT2D eigenvalue weighted by Gasteiger charge is -2.22. The largest absolute Gasteiger partial charge is 0.303 e. The van der Waals surface area contributed by atoms with Gasteiger partial charge in [-0.3, -0.25) is 19.8 Å². The number of hydrogen-bond donors (Lipinski definition) is 1. The van der Waals surface area contributed by atoms with Crippen LogP contribution in [0.1, 0.15) is 26.2 Å². The van der Waals surface area contributed by atoms with Gasteiger partial charge in [0.25, 0.3) is 0 Å². The summed E-state index contributed by atoms with van der Waals surface area (Å²) in [7, 11) is 0. The Bertz CT molecular complexity index is 698. The second-order valence-electron chi connectivity index (χ2n) is 6.73. The van der Waals surface area contributed by atoms with E-state index in [2.05, 4.69) is 27.0 Å². The van der Waals surface area contributed by atoms with Gasteiger partial charge in [0, 0.05) is 30.9 Å². The van der Waals surface area contributed by atoms with E-state index in [9.17, 15) is 9.18 Å². The minimum Gasteiger partial charge on any atom is -0.303 e. The predicted octanol–water partition coefficient (Wildman–Crippen LogP) is 2.70. The summed E-state index contributed by atoms with van der Waals surface area (Å²) in [6, 6.07) is 3.13. The number of amides is 1. The number of halogens is 1. The first kappa shape index (κ1) is 17.5. The fourth-order valence-corrected chi connectivity index (χ4v) is 3.24. The summed E-state index contributed by atoms with van der Waals surface area (Å²) in [5.74, 6) is 0.658.